The molecule has 2 rings (SSSR count). The van der Waals surface area contributed by atoms with Crippen LogP contribution in [-0.4, -0.2) is 34.5 Å². The summed E-state index contributed by atoms with van der Waals surface area (Å²) < 4.78 is 0. The predicted octanol–water partition coefficient (Wildman–Crippen LogP) is 2.67. The lowest BCUT2D eigenvalue weighted by molar-refractivity contribution is -0.140. The Morgan fingerprint density at radius 1 is 1.16 bits per heavy atom. The minimum Gasteiger partial charge on any atom is -0.481 e. The summed E-state index contributed by atoms with van der Waals surface area (Å²) in [5.74, 6) is -0.00460. The minimum absolute atomic E-state index is 0.0611. The lowest BCUT2D eigenvalue weighted by Gasteiger charge is -2.44. The highest BCUT2D eigenvalue weighted by molar-refractivity contribution is 5.78. The zero-order valence-corrected chi connectivity index (χ0v) is 11.8. The molecule has 1 saturated carbocycles. The van der Waals surface area contributed by atoms with Gasteiger partial charge >= 0.3 is 5.97 Å². The number of likely N-dealkylation sites (tertiary alicyclic amines) is 1. The average molecular weight is 267 g/mol. The Hall–Kier alpha value is -1.06. The van der Waals surface area contributed by atoms with Crippen molar-refractivity contribution in [2.24, 2.45) is 11.8 Å². The van der Waals surface area contributed by atoms with E-state index < -0.39 is 5.97 Å². The standard InChI is InChI=1S/C15H25NO3/c1-11(10-15(18)19)9-14(17)16-8-4-6-12-5-2-3-7-13(12)16/h11-13H,2-10H2,1H3,(H,18,19). The summed E-state index contributed by atoms with van der Waals surface area (Å²) in [6.45, 7) is 2.73. The second-order valence-electron chi connectivity index (χ2n) is 6.25. The van der Waals surface area contributed by atoms with Crippen LogP contribution in [0.3, 0.4) is 0 Å². The summed E-state index contributed by atoms with van der Waals surface area (Å²) in [5, 5.41) is 8.77. The number of carbonyl (C=O) groups excluding carboxylic acids is 1. The summed E-state index contributed by atoms with van der Waals surface area (Å²) in [6, 6.07) is 0.437. The molecule has 0 radical (unpaired) electrons. The Morgan fingerprint density at radius 3 is 2.58 bits per heavy atom. The number of fused-ring (bicyclic) bond motifs is 1. The number of hydrogen-bond donors (Lipinski definition) is 1. The molecule has 0 aromatic rings. The van der Waals surface area contributed by atoms with Gasteiger partial charge in [0.1, 0.15) is 0 Å². The van der Waals surface area contributed by atoms with Gasteiger partial charge in [-0.3, -0.25) is 9.59 Å². The first-order valence-corrected chi connectivity index (χ1v) is 7.59. The van der Waals surface area contributed by atoms with Crippen molar-refractivity contribution in [1.29, 1.82) is 0 Å². The number of nitrogens with zero attached hydrogens (tertiary/aromatic N) is 1. The monoisotopic (exact) mass is 267 g/mol. The van der Waals surface area contributed by atoms with Crippen molar-refractivity contribution in [1.82, 2.24) is 4.90 Å². The van der Waals surface area contributed by atoms with Crippen LogP contribution in [0, 0.1) is 11.8 Å². The van der Waals surface area contributed by atoms with Crippen molar-refractivity contribution >= 4 is 11.9 Å². The second-order valence-corrected chi connectivity index (χ2v) is 6.25. The summed E-state index contributed by atoms with van der Waals surface area (Å²) in [7, 11) is 0. The van der Waals surface area contributed by atoms with E-state index in [0.29, 0.717) is 18.4 Å². The smallest absolute Gasteiger partial charge is 0.303 e. The molecule has 4 nitrogen and oxygen atoms in total. The molecule has 0 aromatic heterocycles. The van der Waals surface area contributed by atoms with Crippen LogP contribution in [0.4, 0.5) is 0 Å². The third-order valence-corrected chi connectivity index (χ3v) is 4.61. The number of piperidine rings is 1. The highest BCUT2D eigenvalue weighted by Gasteiger charge is 2.35. The molecule has 1 saturated heterocycles. The summed E-state index contributed by atoms with van der Waals surface area (Å²) >= 11 is 0. The summed E-state index contributed by atoms with van der Waals surface area (Å²) in [5.41, 5.74) is 0. The molecule has 3 unspecified atom stereocenters. The van der Waals surface area contributed by atoms with E-state index in [4.69, 9.17) is 5.11 Å². The summed E-state index contributed by atoms with van der Waals surface area (Å²) in [6.07, 6.45) is 7.79. The molecule has 1 aliphatic heterocycles. The number of carbonyl (C=O) groups is 2. The maximum Gasteiger partial charge on any atom is 0.303 e. The number of hydrogen-bond acceptors (Lipinski definition) is 2. The fraction of sp³-hybridized carbons (Fsp3) is 0.867. The van der Waals surface area contributed by atoms with Crippen molar-refractivity contribution in [3.8, 4) is 0 Å². The number of rotatable bonds is 4. The van der Waals surface area contributed by atoms with E-state index >= 15 is 0 Å². The molecule has 19 heavy (non-hydrogen) atoms. The molecule has 0 spiro atoms. The molecule has 108 valence electrons. The highest BCUT2D eigenvalue weighted by atomic mass is 16.4. The van der Waals surface area contributed by atoms with E-state index in [0.717, 1.165) is 19.4 Å². The van der Waals surface area contributed by atoms with Crippen LogP contribution in [0.1, 0.15) is 58.3 Å². The van der Waals surface area contributed by atoms with Crippen LogP contribution in [-0.2, 0) is 9.59 Å². The molecule has 1 aliphatic carbocycles. The van der Waals surface area contributed by atoms with Gasteiger partial charge < -0.3 is 10.0 Å². The highest BCUT2D eigenvalue weighted by Crippen LogP contribution is 2.35. The van der Waals surface area contributed by atoms with Gasteiger partial charge in [-0.25, -0.2) is 0 Å². The molecule has 1 N–H and O–H groups in total. The SMILES string of the molecule is CC(CC(=O)O)CC(=O)N1CCCC2CCCCC21. The number of amides is 1. The molecule has 4 heteroatoms. The third-order valence-electron chi connectivity index (χ3n) is 4.61. The van der Waals surface area contributed by atoms with Gasteiger partial charge in [-0.1, -0.05) is 19.8 Å². The molecule has 1 amide bonds. The van der Waals surface area contributed by atoms with E-state index in [-0.39, 0.29) is 18.2 Å². The van der Waals surface area contributed by atoms with Gasteiger partial charge in [-0.15, -0.1) is 0 Å². The zero-order valence-electron chi connectivity index (χ0n) is 11.8. The lowest BCUT2D eigenvalue weighted by Crippen LogP contribution is -2.50. The van der Waals surface area contributed by atoms with Gasteiger partial charge in [0, 0.05) is 25.4 Å². The van der Waals surface area contributed by atoms with Crippen molar-refractivity contribution < 1.29 is 14.7 Å². The topological polar surface area (TPSA) is 57.6 Å². The number of aliphatic carboxylic acids is 1. The fourth-order valence-corrected chi connectivity index (χ4v) is 3.72. The van der Waals surface area contributed by atoms with Crippen LogP contribution in [0.25, 0.3) is 0 Å². The van der Waals surface area contributed by atoms with Gasteiger partial charge in [0.25, 0.3) is 0 Å². The molecule has 1 heterocycles. The minimum atomic E-state index is -0.811. The molecule has 2 aliphatic rings. The normalized spacial score (nSPS) is 28.6. The van der Waals surface area contributed by atoms with Gasteiger partial charge in [0.05, 0.1) is 0 Å². The van der Waals surface area contributed by atoms with Crippen LogP contribution < -0.4 is 0 Å². The van der Waals surface area contributed by atoms with Gasteiger partial charge in [0.15, 0.2) is 0 Å². The largest absolute Gasteiger partial charge is 0.481 e. The van der Waals surface area contributed by atoms with Crippen molar-refractivity contribution in [3.63, 3.8) is 0 Å². The Kier molecular flexibility index (Phi) is 4.83. The van der Waals surface area contributed by atoms with Gasteiger partial charge in [-0.05, 0) is 37.5 Å². The quantitative estimate of drug-likeness (QED) is 0.852. The summed E-state index contributed by atoms with van der Waals surface area (Å²) in [4.78, 5) is 25.1. The van der Waals surface area contributed by atoms with E-state index in [9.17, 15) is 9.59 Å². The predicted molar refractivity (Wildman–Crippen MR) is 72.7 cm³/mol. The Balaban J connectivity index is 1.91. The molecule has 0 bridgehead atoms. The van der Waals surface area contributed by atoms with Crippen LogP contribution in [0.15, 0.2) is 0 Å². The van der Waals surface area contributed by atoms with Gasteiger partial charge in [0.2, 0.25) is 5.91 Å². The maximum atomic E-state index is 12.4. The Morgan fingerprint density at radius 2 is 1.84 bits per heavy atom. The zero-order chi connectivity index (χ0) is 13.8. The first-order chi connectivity index (χ1) is 9.08. The molecular weight excluding hydrogens is 242 g/mol. The Bertz CT molecular complexity index is 340. The lowest BCUT2D eigenvalue weighted by atomic mass is 9.78. The maximum absolute atomic E-state index is 12.4. The van der Waals surface area contributed by atoms with E-state index in [2.05, 4.69) is 4.90 Å². The number of carboxylic acid groups (broad SMARTS) is 1. The van der Waals surface area contributed by atoms with Crippen LogP contribution >= 0.6 is 0 Å². The van der Waals surface area contributed by atoms with Gasteiger partial charge in [-0.2, -0.15) is 0 Å². The second kappa shape index (κ2) is 6.40. The van der Waals surface area contributed by atoms with Crippen molar-refractivity contribution in [2.45, 2.75) is 64.3 Å². The van der Waals surface area contributed by atoms with E-state index in [1.807, 2.05) is 6.92 Å². The number of carboxylic acids is 1. The van der Waals surface area contributed by atoms with Crippen molar-refractivity contribution in [2.75, 3.05) is 6.54 Å². The Labute approximate surface area is 115 Å². The average Bonchev–Trinajstić information content (AvgIpc) is 2.36. The van der Waals surface area contributed by atoms with Crippen LogP contribution in [0.2, 0.25) is 0 Å². The van der Waals surface area contributed by atoms with E-state index in [1.54, 1.807) is 0 Å². The van der Waals surface area contributed by atoms with Crippen molar-refractivity contribution in [3.05, 3.63) is 0 Å². The van der Waals surface area contributed by atoms with E-state index in [1.165, 1.54) is 25.7 Å². The molecule has 2 fully saturated rings. The molecular formula is C15H25NO3. The van der Waals surface area contributed by atoms with Crippen LogP contribution in [0.5, 0.6) is 0 Å². The first-order valence-electron chi connectivity index (χ1n) is 7.59. The fourth-order valence-electron chi connectivity index (χ4n) is 3.72. The third kappa shape index (κ3) is 3.71. The molecule has 0 aromatic carbocycles. The molecule has 3 atom stereocenters. The first kappa shape index (κ1) is 14.4.